The lowest BCUT2D eigenvalue weighted by molar-refractivity contribution is -0.139. The van der Waals surface area contributed by atoms with Crippen molar-refractivity contribution in [2.75, 3.05) is 0 Å². The summed E-state index contributed by atoms with van der Waals surface area (Å²) in [5.74, 6) is -0.715. The van der Waals surface area contributed by atoms with Crippen LogP contribution in [0.4, 0.5) is 0 Å². The Balaban J connectivity index is 2.03. The summed E-state index contributed by atoms with van der Waals surface area (Å²) in [6.07, 6.45) is 2.69. The van der Waals surface area contributed by atoms with Crippen LogP contribution in [0.5, 0.6) is 0 Å². The SMILES string of the molecule is CC(=O)C(CC(C)C)N[C@@H](Cc1ccn(Cc2ccccc2)n1)C(=O)O. The number of carboxylic acid groups (broad SMARTS) is 1. The maximum absolute atomic E-state index is 11.8. The van der Waals surface area contributed by atoms with E-state index in [4.69, 9.17) is 0 Å². The molecular formula is C20H27N3O3. The summed E-state index contributed by atoms with van der Waals surface area (Å²) in [4.78, 5) is 23.5. The lowest BCUT2D eigenvalue weighted by Gasteiger charge is -2.22. The van der Waals surface area contributed by atoms with E-state index in [0.29, 0.717) is 24.6 Å². The highest BCUT2D eigenvalue weighted by Crippen LogP contribution is 2.10. The van der Waals surface area contributed by atoms with Crippen molar-refractivity contribution in [1.29, 1.82) is 0 Å². The Morgan fingerprint density at radius 1 is 1.15 bits per heavy atom. The van der Waals surface area contributed by atoms with Crippen molar-refractivity contribution >= 4 is 11.8 Å². The number of hydrogen-bond acceptors (Lipinski definition) is 4. The van der Waals surface area contributed by atoms with Crippen LogP contribution in [0.2, 0.25) is 0 Å². The quantitative estimate of drug-likeness (QED) is 0.683. The lowest BCUT2D eigenvalue weighted by atomic mass is 9.99. The van der Waals surface area contributed by atoms with Crippen LogP contribution >= 0.6 is 0 Å². The molecule has 6 heteroatoms. The second kappa shape index (κ2) is 9.29. The number of ketones is 1. The van der Waals surface area contributed by atoms with E-state index >= 15 is 0 Å². The standard InChI is InChI=1S/C20H27N3O3/c1-14(2)11-18(15(3)24)21-19(20(25)26)12-17-9-10-23(22-17)13-16-7-5-4-6-8-16/h4-10,14,18-19,21H,11-13H2,1-3H3,(H,25,26)/t18?,19-/m0/s1. The van der Waals surface area contributed by atoms with Crippen molar-refractivity contribution in [3.63, 3.8) is 0 Å². The number of carbonyl (C=O) groups excluding carboxylic acids is 1. The molecule has 0 spiro atoms. The van der Waals surface area contributed by atoms with Gasteiger partial charge in [0.1, 0.15) is 11.8 Å². The average molecular weight is 357 g/mol. The zero-order chi connectivity index (χ0) is 19.1. The van der Waals surface area contributed by atoms with Crippen molar-refractivity contribution in [3.05, 3.63) is 53.9 Å². The third kappa shape index (κ3) is 6.11. The molecule has 26 heavy (non-hydrogen) atoms. The molecule has 1 unspecified atom stereocenters. The number of Topliss-reactive ketones (excluding diaryl/α,β-unsaturated/α-hetero) is 1. The zero-order valence-corrected chi connectivity index (χ0v) is 15.6. The molecule has 6 nitrogen and oxygen atoms in total. The Hall–Kier alpha value is -2.47. The van der Waals surface area contributed by atoms with Gasteiger partial charge in [0, 0.05) is 12.6 Å². The molecule has 140 valence electrons. The first kappa shape index (κ1) is 19.8. The van der Waals surface area contributed by atoms with E-state index in [0.717, 1.165) is 5.56 Å². The minimum absolute atomic E-state index is 0.0421. The van der Waals surface area contributed by atoms with Crippen LogP contribution in [-0.4, -0.2) is 38.7 Å². The second-order valence-electron chi connectivity index (χ2n) is 7.04. The maximum atomic E-state index is 11.8. The smallest absolute Gasteiger partial charge is 0.321 e. The predicted octanol–water partition coefficient (Wildman–Crippen LogP) is 2.52. The van der Waals surface area contributed by atoms with Crippen molar-refractivity contribution in [3.8, 4) is 0 Å². The number of aromatic nitrogens is 2. The molecule has 1 aromatic carbocycles. The highest BCUT2D eigenvalue weighted by molar-refractivity contribution is 5.82. The average Bonchev–Trinajstić information content (AvgIpc) is 3.00. The first-order valence-corrected chi connectivity index (χ1v) is 8.90. The van der Waals surface area contributed by atoms with Gasteiger partial charge in [-0.25, -0.2) is 0 Å². The molecule has 2 N–H and O–H groups in total. The van der Waals surface area contributed by atoms with Gasteiger partial charge >= 0.3 is 5.97 Å². The molecule has 0 amide bonds. The van der Waals surface area contributed by atoms with Crippen molar-refractivity contribution < 1.29 is 14.7 Å². The fourth-order valence-corrected chi connectivity index (χ4v) is 2.86. The molecule has 0 bridgehead atoms. The Morgan fingerprint density at radius 2 is 1.85 bits per heavy atom. The number of carbonyl (C=O) groups is 2. The van der Waals surface area contributed by atoms with E-state index in [1.165, 1.54) is 6.92 Å². The molecule has 0 saturated carbocycles. The molecule has 0 aliphatic heterocycles. The minimum Gasteiger partial charge on any atom is -0.480 e. The van der Waals surface area contributed by atoms with E-state index in [1.807, 2.05) is 56.4 Å². The zero-order valence-electron chi connectivity index (χ0n) is 15.6. The molecule has 0 aliphatic carbocycles. The van der Waals surface area contributed by atoms with Gasteiger partial charge in [0.2, 0.25) is 0 Å². The van der Waals surface area contributed by atoms with Gasteiger partial charge in [-0.3, -0.25) is 19.6 Å². The Kier molecular flexibility index (Phi) is 7.09. The molecule has 0 radical (unpaired) electrons. The summed E-state index contributed by atoms with van der Waals surface area (Å²) in [5.41, 5.74) is 1.82. The van der Waals surface area contributed by atoms with Crippen molar-refractivity contribution in [2.45, 2.75) is 52.2 Å². The third-order valence-electron chi connectivity index (χ3n) is 4.19. The monoisotopic (exact) mass is 357 g/mol. The van der Waals surface area contributed by atoms with Gasteiger partial charge in [-0.2, -0.15) is 5.10 Å². The molecule has 2 aromatic rings. The first-order chi connectivity index (χ1) is 12.3. The largest absolute Gasteiger partial charge is 0.480 e. The lowest BCUT2D eigenvalue weighted by Crippen LogP contribution is -2.48. The molecule has 2 atom stereocenters. The summed E-state index contributed by atoms with van der Waals surface area (Å²) < 4.78 is 1.79. The number of benzene rings is 1. The molecule has 0 aliphatic rings. The Morgan fingerprint density at radius 3 is 2.42 bits per heavy atom. The number of nitrogens with zero attached hydrogens (tertiary/aromatic N) is 2. The fraction of sp³-hybridized carbons (Fsp3) is 0.450. The van der Waals surface area contributed by atoms with Crippen LogP contribution < -0.4 is 5.32 Å². The van der Waals surface area contributed by atoms with Crippen molar-refractivity contribution in [2.24, 2.45) is 5.92 Å². The summed E-state index contributed by atoms with van der Waals surface area (Å²) in [6.45, 7) is 6.15. The number of carboxylic acids is 1. The molecule has 1 heterocycles. The van der Waals surface area contributed by atoms with Crippen LogP contribution in [0.1, 0.15) is 38.4 Å². The normalized spacial score (nSPS) is 13.5. The van der Waals surface area contributed by atoms with E-state index in [2.05, 4.69) is 10.4 Å². The topological polar surface area (TPSA) is 84.2 Å². The number of aliphatic carboxylic acids is 1. The van der Waals surface area contributed by atoms with Gasteiger partial charge in [-0.15, -0.1) is 0 Å². The van der Waals surface area contributed by atoms with Gasteiger partial charge in [0.15, 0.2) is 0 Å². The summed E-state index contributed by atoms with van der Waals surface area (Å²) in [6, 6.07) is 10.5. The summed E-state index contributed by atoms with van der Waals surface area (Å²) in [7, 11) is 0. The van der Waals surface area contributed by atoms with Gasteiger partial charge in [0.25, 0.3) is 0 Å². The van der Waals surface area contributed by atoms with E-state index in [1.54, 1.807) is 4.68 Å². The van der Waals surface area contributed by atoms with Crippen LogP contribution in [0, 0.1) is 5.92 Å². The highest BCUT2D eigenvalue weighted by atomic mass is 16.4. The van der Waals surface area contributed by atoms with Gasteiger partial charge in [0.05, 0.1) is 18.3 Å². The second-order valence-corrected chi connectivity index (χ2v) is 7.04. The predicted molar refractivity (Wildman–Crippen MR) is 100.0 cm³/mol. The van der Waals surface area contributed by atoms with E-state index < -0.39 is 18.1 Å². The molecule has 0 fully saturated rings. The van der Waals surface area contributed by atoms with Crippen molar-refractivity contribution in [1.82, 2.24) is 15.1 Å². The number of nitrogens with one attached hydrogen (secondary N) is 1. The Labute approximate surface area is 154 Å². The summed E-state index contributed by atoms with van der Waals surface area (Å²) in [5, 5.41) is 17.0. The van der Waals surface area contributed by atoms with Crippen LogP contribution in [0.3, 0.4) is 0 Å². The van der Waals surface area contributed by atoms with Gasteiger partial charge in [-0.05, 0) is 30.9 Å². The number of hydrogen-bond donors (Lipinski definition) is 2. The molecular weight excluding hydrogens is 330 g/mol. The van der Waals surface area contributed by atoms with Crippen LogP contribution in [0.15, 0.2) is 42.6 Å². The van der Waals surface area contributed by atoms with Gasteiger partial charge in [-0.1, -0.05) is 44.2 Å². The molecule has 0 saturated heterocycles. The third-order valence-corrected chi connectivity index (χ3v) is 4.19. The van der Waals surface area contributed by atoms with E-state index in [-0.39, 0.29) is 12.2 Å². The fourth-order valence-electron chi connectivity index (χ4n) is 2.86. The minimum atomic E-state index is -0.974. The summed E-state index contributed by atoms with van der Waals surface area (Å²) >= 11 is 0. The first-order valence-electron chi connectivity index (χ1n) is 8.90. The molecule has 1 aromatic heterocycles. The van der Waals surface area contributed by atoms with Gasteiger partial charge < -0.3 is 5.11 Å². The maximum Gasteiger partial charge on any atom is 0.321 e. The van der Waals surface area contributed by atoms with Crippen LogP contribution in [-0.2, 0) is 22.6 Å². The number of rotatable bonds is 10. The van der Waals surface area contributed by atoms with E-state index in [9.17, 15) is 14.7 Å². The molecule has 2 rings (SSSR count). The van der Waals surface area contributed by atoms with Crippen LogP contribution in [0.25, 0.3) is 0 Å². The Bertz CT molecular complexity index is 725. The highest BCUT2D eigenvalue weighted by Gasteiger charge is 2.25.